The second-order valence-corrected chi connectivity index (χ2v) is 6.23. The number of likely N-dealkylation sites (N-methyl/N-ethyl adjacent to an activating group) is 2. The lowest BCUT2D eigenvalue weighted by Gasteiger charge is -2.40. The Morgan fingerprint density at radius 2 is 2.05 bits per heavy atom. The lowest BCUT2D eigenvalue weighted by Crippen LogP contribution is -2.54. The molecular weight excluding hydrogens is 250 g/mol. The van der Waals surface area contributed by atoms with Gasteiger partial charge in [0, 0.05) is 31.7 Å². The van der Waals surface area contributed by atoms with Gasteiger partial charge in [-0.3, -0.25) is 4.90 Å². The standard InChI is InChI=1S/C16H25N3O/c1-18-8-9-19(2)15(11-18)16(17)12-4-3-5-14(10-12)20-13-6-7-13/h3-5,10,13,15-16H,6-9,11,17H2,1-2H3. The van der Waals surface area contributed by atoms with Crippen LogP contribution in [0.15, 0.2) is 24.3 Å². The second-order valence-electron chi connectivity index (χ2n) is 6.23. The summed E-state index contributed by atoms with van der Waals surface area (Å²) in [5.41, 5.74) is 7.69. The van der Waals surface area contributed by atoms with Crippen molar-refractivity contribution in [3.63, 3.8) is 0 Å². The van der Waals surface area contributed by atoms with Crippen LogP contribution in [0, 0.1) is 0 Å². The SMILES string of the molecule is CN1CCN(C)C(C(N)c2cccc(OC3CC3)c2)C1. The summed E-state index contributed by atoms with van der Waals surface area (Å²) >= 11 is 0. The first-order chi connectivity index (χ1) is 9.63. The minimum atomic E-state index is 0.0329. The molecule has 2 unspecified atom stereocenters. The first-order valence-electron chi connectivity index (χ1n) is 7.54. The predicted octanol–water partition coefficient (Wildman–Crippen LogP) is 1.47. The summed E-state index contributed by atoms with van der Waals surface area (Å²) in [6, 6.07) is 8.72. The van der Waals surface area contributed by atoms with Gasteiger partial charge in [-0.2, -0.15) is 0 Å². The number of nitrogens with two attached hydrogens (primary N) is 1. The molecule has 0 bridgehead atoms. The van der Waals surface area contributed by atoms with E-state index in [9.17, 15) is 0 Å². The fourth-order valence-electron chi connectivity index (χ4n) is 2.83. The molecule has 2 aliphatic rings. The smallest absolute Gasteiger partial charge is 0.120 e. The summed E-state index contributed by atoms with van der Waals surface area (Å²) in [6.07, 6.45) is 2.81. The van der Waals surface area contributed by atoms with Crippen molar-refractivity contribution in [3.8, 4) is 5.75 Å². The zero-order chi connectivity index (χ0) is 14.1. The highest BCUT2D eigenvalue weighted by molar-refractivity contribution is 5.32. The van der Waals surface area contributed by atoms with Crippen LogP contribution in [-0.2, 0) is 0 Å². The number of piperazine rings is 1. The van der Waals surface area contributed by atoms with Gasteiger partial charge in [-0.15, -0.1) is 0 Å². The van der Waals surface area contributed by atoms with Gasteiger partial charge in [0.15, 0.2) is 0 Å². The minimum Gasteiger partial charge on any atom is -0.490 e. The van der Waals surface area contributed by atoms with Gasteiger partial charge < -0.3 is 15.4 Å². The molecule has 1 heterocycles. The summed E-state index contributed by atoms with van der Waals surface area (Å²) in [6.45, 7) is 3.21. The highest BCUT2D eigenvalue weighted by Crippen LogP contribution is 2.29. The van der Waals surface area contributed by atoms with Crippen LogP contribution in [0.25, 0.3) is 0 Å². The Bertz CT molecular complexity index is 461. The molecule has 1 aromatic carbocycles. The molecule has 4 nitrogen and oxygen atoms in total. The number of nitrogens with zero attached hydrogens (tertiary/aromatic N) is 2. The van der Waals surface area contributed by atoms with E-state index in [1.54, 1.807) is 0 Å². The molecule has 0 aromatic heterocycles. The van der Waals surface area contributed by atoms with Crippen molar-refractivity contribution in [2.45, 2.75) is 31.0 Å². The third-order valence-corrected chi connectivity index (χ3v) is 4.38. The van der Waals surface area contributed by atoms with E-state index in [4.69, 9.17) is 10.5 Å². The van der Waals surface area contributed by atoms with Crippen LogP contribution in [0.5, 0.6) is 5.75 Å². The van der Waals surface area contributed by atoms with E-state index in [0.29, 0.717) is 12.1 Å². The summed E-state index contributed by atoms with van der Waals surface area (Å²) in [4.78, 5) is 4.73. The van der Waals surface area contributed by atoms with Gasteiger partial charge in [0.25, 0.3) is 0 Å². The fraction of sp³-hybridized carbons (Fsp3) is 0.625. The topological polar surface area (TPSA) is 41.7 Å². The van der Waals surface area contributed by atoms with E-state index in [1.807, 2.05) is 6.07 Å². The van der Waals surface area contributed by atoms with Crippen LogP contribution >= 0.6 is 0 Å². The van der Waals surface area contributed by atoms with Gasteiger partial charge in [-0.1, -0.05) is 12.1 Å². The molecule has 1 saturated carbocycles. The Hall–Kier alpha value is -1.10. The first-order valence-corrected chi connectivity index (χ1v) is 7.54. The maximum absolute atomic E-state index is 6.51. The lowest BCUT2D eigenvalue weighted by molar-refractivity contribution is 0.0973. The second kappa shape index (κ2) is 5.72. The molecule has 0 radical (unpaired) electrons. The van der Waals surface area contributed by atoms with Crippen molar-refractivity contribution in [2.24, 2.45) is 5.73 Å². The van der Waals surface area contributed by atoms with E-state index >= 15 is 0 Å². The van der Waals surface area contributed by atoms with Gasteiger partial charge in [-0.05, 0) is 44.6 Å². The van der Waals surface area contributed by atoms with Crippen LogP contribution in [-0.4, -0.2) is 55.7 Å². The van der Waals surface area contributed by atoms with Gasteiger partial charge in [0.2, 0.25) is 0 Å². The van der Waals surface area contributed by atoms with Crippen LogP contribution in [0.4, 0.5) is 0 Å². The molecule has 20 heavy (non-hydrogen) atoms. The number of hydrogen-bond acceptors (Lipinski definition) is 4. The molecule has 1 saturated heterocycles. The van der Waals surface area contributed by atoms with E-state index < -0.39 is 0 Å². The van der Waals surface area contributed by atoms with Gasteiger partial charge in [-0.25, -0.2) is 0 Å². The van der Waals surface area contributed by atoms with E-state index in [2.05, 4.69) is 42.1 Å². The Morgan fingerprint density at radius 1 is 1.25 bits per heavy atom. The molecule has 2 N–H and O–H groups in total. The molecule has 2 fully saturated rings. The zero-order valence-electron chi connectivity index (χ0n) is 12.5. The maximum atomic E-state index is 6.51. The van der Waals surface area contributed by atoms with Crippen molar-refractivity contribution >= 4 is 0 Å². The molecule has 1 aliphatic carbocycles. The van der Waals surface area contributed by atoms with E-state index in [-0.39, 0.29) is 6.04 Å². The molecule has 1 aromatic rings. The van der Waals surface area contributed by atoms with Crippen LogP contribution in [0.2, 0.25) is 0 Å². The molecule has 2 atom stereocenters. The van der Waals surface area contributed by atoms with Crippen molar-refractivity contribution in [3.05, 3.63) is 29.8 Å². The van der Waals surface area contributed by atoms with E-state index in [0.717, 1.165) is 25.4 Å². The summed E-state index contributed by atoms with van der Waals surface area (Å²) in [7, 11) is 4.33. The number of rotatable bonds is 4. The van der Waals surface area contributed by atoms with Crippen LogP contribution in [0.1, 0.15) is 24.4 Å². The average molecular weight is 275 g/mol. The molecule has 1 aliphatic heterocycles. The van der Waals surface area contributed by atoms with Crippen molar-refractivity contribution in [1.29, 1.82) is 0 Å². The molecule has 3 rings (SSSR count). The monoisotopic (exact) mass is 275 g/mol. The Balaban J connectivity index is 1.73. The molecule has 4 heteroatoms. The van der Waals surface area contributed by atoms with Crippen molar-refractivity contribution in [1.82, 2.24) is 9.80 Å². The molecule has 0 spiro atoms. The van der Waals surface area contributed by atoms with Gasteiger partial charge >= 0.3 is 0 Å². The lowest BCUT2D eigenvalue weighted by atomic mass is 9.97. The Kier molecular flexibility index (Phi) is 3.96. The quantitative estimate of drug-likeness (QED) is 0.903. The summed E-state index contributed by atoms with van der Waals surface area (Å²) in [5.74, 6) is 0.965. The van der Waals surface area contributed by atoms with Crippen molar-refractivity contribution in [2.75, 3.05) is 33.7 Å². The number of benzene rings is 1. The largest absolute Gasteiger partial charge is 0.490 e. The molecular formula is C16H25N3O. The number of hydrogen-bond donors (Lipinski definition) is 1. The first kappa shape index (κ1) is 13.9. The normalized spacial score (nSPS) is 26.4. The van der Waals surface area contributed by atoms with Gasteiger partial charge in [0.05, 0.1) is 6.10 Å². The van der Waals surface area contributed by atoms with Crippen LogP contribution in [0.3, 0.4) is 0 Å². The highest BCUT2D eigenvalue weighted by atomic mass is 16.5. The molecule has 0 amide bonds. The minimum absolute atomic E-state index is 0.0329. The van der Waals surface area contributed by atoms with Crippen molar-refractivity contribution < 1.29 is 4.74 Å². The summed E-state index contributed by atoms with van der Waals surface area (Å²) < 4.78 is 5.87. The maximum Gasteiger partial charge on any atom is 0.120 e. The third kappa shape index (κ3) is 3.14. The Morgan fingerprint density at radius 3 is 2.80 bits per heavy atom. The molecule has 110 valence electrons. The Labute approximate surface area is 121 Å². The van der Waals surface area contributed by atoms with Crippen LogP contribution < -0.4 is 10.5 Å². The fourth-order valence-corrected chi connectivity index (χ4v) is 2.83. The third-order valence-electron chi connectivity index (χ3n) is 4.38. The summed E-state index contributed by atoms with van der Waals surface area (Å²) in [5, 5.41) is 0. The van der Waals surface area contributed by atoms with E-state index in [1.165, 1.54) is 18.4 Å². The highest BCUT2D eigenvalue weighted by Gasteiger charge is 2.29. The van der Waals surface area contributed by atoms with Gasteiger partial charge in [0.1, 0.15) is 5.75 Å². The zero-order valence-corrected chi connectivity index (χ0v) is 12.5. The number of ether oxygens (including phenoxy) is 1. The predicted molar refractivity (Wildman–Crippen MR) is 80.9 cm³/mol. The average Bonchev–Trinajstić information content (AvgIpc) is 3.25.